The van der Waals surface area contributed by atoms with Crippen LogP contribution in [0, 0.1) is 13.8 Å². The lowest BCUT2D eigenvalue weighted by atomic mass is 9.96. The number of nitrogens with two attached hydrogens (primary N) is 1. The molecule has 0 aliphatic carbocycles. The van der Waals surface area contributed by atoms with Crippen LogP contribution in [0.3, 0.4) is 0 Å². The zero-order chi connectivity index (χ0) is 12.6. The lowest BCUT2D eigenvalue weighted by Crippen LogP contribution is -1.97. The molecule has 2 aromatic rings. The minimum Gasteiger partial charge on any atom is -0.477 e. The summed E-state index contributed by atoms with van der Waals surface area (Å²) in [5.41, 5.74) is 10.3. The molecule has 0 saturated heterocycles. The molecule has 1 aromatic carbocycles. The summed E-state index contributed by atoms with van der Waals surface area (Å²) in [5.74, 6) is -0.894. The van der Waals surface area contributed by atoms with Gasteiger partial charge in [0.2, 0.25) is 0 Å². The Balaban J connectivity index is 2.68. The van der Waals surface area contributed by atoms with E-state index >= 15 is 0 Å². The first-order valence-corrected chi connectivity index (χ1v) is 6.06. The van der Waals surface area contributed by atoms with Gasteiger partial charge in [0, 0.05) is 11.3 Å². The van der Waals surface area contributed by atoms with E-state index in [2.05, 4.69) is 0 Å². The fourth-order valence-electron chi connectivity index (χ4n) is 1.85. The number of anilines is 1. The summed E-state index contributed by atoms with van der Waals surface area (Å²) in [6.45, 7) is 3.95. The molecule has 0 amide bonds. The van der Waals surface area contributed by atoms with Gasteiger partial charge in [-0.05, 0) is 54.1 Å². The van der Waals surface area contributed by atoms with Crippen molar-refractivity contribution in [1.29, 1.82) is 0 Å². The van der Waals surface area contributed by atoms with E-state index in [1.54, 1.807) is 5.38 Å². The van der Waals surface area contributed by atoms with Gasteiger partial charge >= 0.3 is 5.97 Å². The van der Waals surface area contributed by atoms with E-state index in [4.69, 9.17) is 10.8 Å². The second kappa shape index (κ2) is 4.22. The fraction of sp³-hybridized carbons (Fsp3) is 0.154. The molecule has 0 saturated carbocycles. The molecular weight excluding hydrogens is 234 g/mol. The van der Waals surface area contributed by atoms with Crippen LogP contribution >= 0.6 is 11.3 Å². The molecule has 0 aliphatic rings. The van der Waals surface area contributed by atoms with Crippen LogP contribution < -0.4 is 5.73 Å². The number of rotatable bonds is 2. The maximum atomic E-state index is 11.1. The Morgan fingerprint density at radius 3 is 2.65 bits per heavy atom. The van der Waals surface area contributed by atoms with Crippen molar-refractivity contribution in [2.75, 3.05) is 5.73 Å². The molecule has 0 bridgehead atoms. The average Bonchev–Trinajstić information content (AvgIpc) is 2.72. The van der Waals surface area contributed by atoms with Crippen LogP contribution in [0.25, 0.3) is 11.1 Å². The molecule has 0 unspecified atom stereocenters. The van der Waals surface area contributed by atoms with Gasteiger partial charge in [-0.25, -0.2) is 4.79 Å². The largest absolute Gasteiger partial charge is 0.477 e. The highest BCUT2D eigenvalue weighted by Gasteiger charge is 2.15. The van der Waals surface area contributed by atoms with Gasteiger partial charge in [0.1, 0.15) is 4.88 Å². The van der Waals surface area contributed by atoms with Crippen molar-refractivity contribution in [2.45, 2.75) is 13.8 Å². The molecule has 3 nitrogen and oxygen atoms in total. The Kier molecular flexibility index (Phi) is 2.90. The van der Waals surface area contributed by atoms with E-state index in [1.807, 2.05) is 32.0 Å². The third kappa shape index (κ3) is 2.03. The van der Waals surface area contributed by atoms with Gasteiger partial charge in [0.15, 0.2) is 0 Å². The first-order valence-electron chi connectivity index (χ1n) is 5.18. The molecule has 0 spiro atoms. The second-order valence-corrected chi connectivity index (χ2v) is 4.90. The van der Waals surface area contributed by atoms with Crippen LogP contribution in [-0.2, 0) is 0 Å². The topological polar surface area (TPSA) is 63.3 Å². The predicted octanol–water partition coefficient (Wildman–Crippen LogP) is 3.31. The maximum Gasteiger partial charge on any atom is 0.346 e. The van der Waals surface area contributed by atoms with Gasteiger partial charge in [0.05, 0.1) is 0 Å². The summed E-state index contributed by atoms with van der Waals surface area (Å²) in [6, 6.07) is 5.55. The van der Waals surface area contributed by atoms with E-state index in [-0.39, 0.29) is 0 Å². The Bertz CT molecular complexity index is 587. The number of nitrogen functional groups attached to an aromatic ring is 1. The van der Waals surface area contributed by atoms with E-state index in [0.717, 1.165) is 22.3 Å². The monoisotopic (exact) mass is 247 g/mol. The highest BCUT2D eigenvalue weighted by Crippen LogP contribution is 2.33. The molecule has 3 N–H and O–H groups in total. The van der Waals surface area contributed by atoms with Gasteiger partial charge in [-0.2, -0.15) is 0 Å². The Labute approximate surface area is 104 Å². The summed E-state index contributed by atoms with van der Waals surface area (Å²) < 4.78 is 0. The quantitative estimate of drug-likeness (QED) is 0.800. The van der Waals surface area contributed by atoms with Crippen LogP contribution in [0.15, 0.2) is 23.6 Å². The number of hydrogen-bond donors (Lipinski definition) is 2. The van der Waals surface area contributed by atoms with Gasteiger partial charge in [-0.3, -0.25) is 0 Å². The Morgan fingerprint density at radius 1 is 1.29 bits per heavy atom. The number of thiophene rings is 1. The van der Waals surface area contributed by atoms with Gasteiger partial charge in [-0.15, -0.1) is 11.3 Å². The van der Waals surface area contributed by atoms with E-state index in [1.165, 1.54) is 11.3 Å². The summed E-state index contributed by atoms with van der Waals surface area (Å²) in [5, 5.41) is 10.9. The van der Waals surface area contributed by atoms with Crippen molar-refractivity contribution < 1.29 is 9.90 Å². The van der Waals surface area contributed by atoms with Crippen molar-refractivity contribution in [1.82, 2.24) is 0 Å². The summed E-state index contributed by atoms with van der Waals surface area (Å²) in [4.78, 5) is 11.5. The van der Waals surface area contributed by atoms with E-state index < -0.39 is 5.97 Å². The van der Waals surface area contributed by atoms with Crippen molar-refractivity contribution >= 4 is 23.0 Å². The normalized spacial score (nSPS) is 10.5. The molecule has 2 rings (SSSR count). The third-order valence-electron chi connectivity index (χ3n) is 2.84. The minimum atomic E-state index is -0.894. The smallest absolute Gasteiger partial charge is 0.346 e. The SMILES string of the molecule is Cc1cc(N)cc(-c2ccsc2C(=O)O)c1C. The van der Waals surface area contributed by atoms with E-state index in [9.17, 15) is 4.79 Å². The summed E-state index contributed by atoms with van der Waals surface area (Å²) in [6.07, 6.45) is 0. The lowest BCUT2D eigenvalue weighted by molar-refractivity contribution is 0.0703. The molecule has 17 heavy (non-hydrogen) atoms. The minimum absolute atomic E-state index is 0.359. The van der Waals surface area contributed by atoms with Crippen LogP contribution in [0.5, 0.6) is 0 Å². The number of carboxylic acids is 1. The second-order valence-electron chi connectivity index (χ2n) is 3.98. The highest BCUT2D eigenvalue weighted by molar-refractivity contribution is 7.12. The standard InChI is InChI=1S/C13H13NO2S/c1-7-5-9(14)6-11(8(7)2)10-3-4-17-12(10)13(15)16/h3-6H,14H2,1-2H3,(H,15,16). The first kappa shape index (κ1) is 11.7. The number of hydrogen-bond acceptors (Lipinski definition) is 3. The highest BCUT2D eigenvalue weighted by atomic mass is 32.1. The third-order valence-corrected chi connectivity index (χ3v) is 3.74. The molecule has 88 valence electrons. The number of carbonyl (C=O) groups is 1. The molecule has 0 atom stereocenters. The van der Waals surface area contributed by atoms with Crippen LogP contribution in [0.4, 0.5) is 5.69 Å². The number of aromatic carboxylic acids is 1. The van der Waals surface area contributed by atoms with Crippen molar-refractivity contribution in [2.24, 2.45) is 0 Å². The van der Waals surface area contributed by atoms with Crippen LogP contribution in [0.2, 0.25) is 0 Å². The maximum absolute atomic E-state index is 11.1. The molecular formula is C13H13NO2S. The van der Waals surface area contributed by atoms with Crippen molar-refractivity contribution in [3.63, 3.8) is 0 Å². The predicted molar refractivity (Wildman–Crippen MR) is 70.6 cm³/mol. The van der Waals surface area contributed by atoms with Gasteiger partial charge < -0.3 is 10.8 Å². The number of aryl methyl sites for hydroxylation is 1. The van der Waals surface area contributed by atoms with Gasteiger partial charge in [0.25, 0.3) is 0 Å². The molecule has 0 radical (unpaired) electrons. The van der Waals surface area contributed by atoms with Crippen LogP contribution in [-0.4, -0.2) is 11.1 Å². The molecule has 1 heterocycles. The van der Waals surface area contributed by atoms with Gasteiger partial charge in [-0.1, -0.05) is 0 Å². The first-order chi connectivity index (χ1) is 8.00. The fourth-order valence-corrected chi connectivity index (χ4v) is 2.60. The molecule has 0 aliphatic heterocycles. The molecule has 4 heteroatoms. The summed E-state index contributed by atoms with van der Waals surface area (Å²) in [7, 11) is 0. The zero-order valence-corrected chi connectivity index (χ0v) is 10.5. The number of carboxylic acid groups (broad SMARTS) is 1. The Morgan fingerprint density at radius 2 is 2.00 bits per heavy atom. The lowest BCUT2D eigenvalue weighted by Gasteiger charge is -2.10. The van der Waals surface area contributed by atoms with Crippen molar-refractivity contribution in [3.8, 4) is 11.1 Å². The summed E-state index contributed by atoms with van der Waals surface area (Å²) >= 11 is 1.23. The molecule has 0 fully saturated rings. The molecule has 1 aromatic heterocycles. The van der Waals surface area contributed by atoms with Crippen LogP contribution in [0.1, 0.15) is 20.8 Å². The Hall–Kier alpha value is -1.81. The van der Waals surface area contributed by atoms with Crippen molar-refractivity contribution in [3.05, 3.63) is 39.6 Å². The number of benzene rings is 1. The van der Waals surface area contributed by atoms with E-state index in [0.29, 0.717) is 10.6 Å². The zero-order valence-electron chi connectivity index (χ0n) is 9.65. The average molecular weight is 247 g/mol.